The molecule has 6 heteroatoms. The third kappa shape index (κ3) is 3.15. The number of halogens is 1. The van der Waals surface area contributed by atoms with Crippen molar-refractivity contribution in [1.82, 2.24) is 9.88 Å². The lowest BCUT2D eigenvalue weighted by Crippen LogP contribution is -2.36. The molecule has 1 saturated carbocycles. The molecule has 0 spiro atoms. The van der Waals surface area contributed by atoms with Gasteiger partial charge in [0.15, 0.2) is 5.13 Å². The van der Waals surface area contributed by atoms with Crippen LogP contribution < -0.4 is 4.90 Å². The third-order valence-corrected chi connectivity index (χ3v) is 5.74. The fourth-order valence-corrected chi connectivity index (χ4v) is 4.18. The number of rotatable bonds is 3. The average Bonchev–Trinajstić information content (AvgIpc) is 3.28. The van der Waals surface area contributed by atoms with Gasteiger partial charge in [-0.25, -0.2) is 9.37 Å². The van der Waals surface area contributed by atoms with Crippen LogP contribution in [-0.2, 0) is 4.79 Å². The predicted octanol–water partition coefficient (Wildman–Crippen LogP) is 3.12. The number of nitrogens with zero attached hydrogens (tertiary/aromatic N) is 3. The molecule has 4 nitrogen and oxygen atoms in total. The van der Waals surface area contributed by atoms with E-state index in [0.717, 1.165) is 49.7 Å². The van der Waals surface area contributed by atoms with Gasteiger partial charge in [0.25, 0.3) is 0 Å². The van der Waals surface area contributed by atoms with E-state index in [1.165, 1.54) is 12.1 Å². The minimum atomic E-state index is -0.225. The number of thiazole rings is 1. The monoisotopic (exact) mass is 345 g/mol. The van der Waals surface area contributed by atoms with E-state index in [4.69, 9.17) is 0 Å². The summed E-state index contributed by atoms with van der Waals surface area (Å²) >= 11 is 1.65. The van der Waals surface area contributed by atoms with Crippen LogP contribution in [0.3, 0.4) is 0 Å². The van der Waals surface area contributed by atoms with E-state index < -0.39 is 0 Å². The second-order valence-corrected chi connectivity index (χ2v) is 7.35. The summed E-state index contributed by atoms with van der Waals surface area (Å²) in [4.78, 5) is 21.4. The number of carbonyl (C=O) groups excluding carboxylic acids is 1. The van der Waals surface area contributed by atoms with E-state index in [9.17, 15) is 9.18 Å². The van der Waals surface area contributed by atoms with Gasteiger partial charge in [0.05, 0.1) is 0 Å². The Morgan fingerprint density at radius 2 is 2.00 bits per heavy atom. The van der Waals surface area contributed by atoms with Crippen LogP contribution in [0.4, 0.5) is 9.52 Å². The Hall–Kier alpha value is -1.95. The van der Waals surface area contributed by atoms with Gasteiger partial charge in [-0.2, -0.15) is 0 Å². The van der Waals surface area contributed by atoms with Gasteiger partial charge in [0, 0.05) is 43.7 Å². The Bertz CT molecular complexity index is 704. The molecule has 1 aromatic carbocycles. The molecule has 1 aliphatic heterocycles. The number of carbonyl (C=O) groups is 1. The zero-order valence-electron chi connectivity index (χ0n) is 13.4. The molecule has 126 valence electrons. The highest BCUT2D eigenvalue weighted by atomic mass is 32.1. The largest absolute Gasteiger partial charge is 0.346 e. The molecule has 4 rings (SSSR count). The zero-order chi connectivity index (χ0) is 16.5. The van der Waals surface area contributed by atoms with Crippen molar-refractivity contribution < 1.29 is 9.18 Å². The Morgan fingerprint density at radius 3 is 2.75 bits per heavy atom. The van der Waals surface area contributed by atoms with Crippen LogP contribution in [0.1, 0.15) is 24.3 Å². The molecule has 2 aliphatic rings. The summed E-state index contributed by atoms with van der Waals surface area (Å²) in [5.74, 6) is 0.362. The van der Waals surface area contributed by atoms with Crippen LogP contribution in [0.15, 0.2) is 35.8 Å². The molecule has 0 N–H and O–H groups in total. The van der Waals surface area contributed by atoms with Crippen molar-refractivity contribution in [1.29, 1.82) is 0 Å². The van der Waals surface area contributed by atoms with Gasteiger partial charge in [-0.3, -0.25) is 4.79 Å². The van der Waals surface area contributed by atoms with Gasteiger partial charge < -0.3 is 9.80 Å². The minimum absolute atomic E-state index is 0.0712. The second kappa shape index (κ2) is 6.51. The number of anilines is 1. The van der Waals surface area contributed by atoms with E-state index in [2.05, 4.69) is 9.88 Å². The van der Waals surface area contributed by atoms with E-state index in [0.29, 0.717) is 0 Å². The van der Waals surface area contributed by atoms with E-state index in [1.54, 1.807) is 23.5 Å². The maximum absolute atomic E-state index is 13.0. The summed E-state index contributed by atoms with van der Waals surface area (Å²) in [6.07, 6.45) is 3.68. The van der Waals surface area contributed by atoms with Crippen LogP contribution >= 0.6 is 11.3 Å². The highest BCUT2D eigenvalue weighted by Gasteiger charge is 2.45. The van der Waals surface area contributed by atoms with Gasteiger partial charge >= 0.3 is 0 Å². The number of hydrogen-bond acceptors (Lipinski definition) is 4. The first-order chi connectivity index (χ1) is 11.7. The number of hydrogen-bond donors (Lipinski definition) is 0. The van der Waals surface area contributed by atoms with Crippen LogP contribution in [0.5, 0.6) is 0 Å². The average molecular weight is 345 g/mol. The SMILES string of the molecule is O=C([C@@H]1C[C@H]1c1ccc(F)cc1)N1CCCN(c2nccs2)CC1. The first-order valence-electron chi connectivity index (χ1n) is 8.41. The van der Waals surface area contributed by atoms with E-state index in [1.807, 2.05) is 16.5 Å². The molecule has 2 aromatic rings. The molecule has 0 bridgehead atoms. The summed E-state index contributed by atoms with van der Waals surface area (Å²) in [6, 6.07) is 6.57. The molecule has 2 heterocycles. The van der Waals surface area contributed by atoms with E-state index in [-0.39, 0.29) is 23.6 Å². The fourth-order valence-electron chi connectivity index (χ4n) is 3.48. The Morgan fingerprint density at radius 1 is 1.17 bits per heavy atom. The number of benzene rings is 1. The van der Waals surface area contributed by atoms with Crippen molar-refractivity contribution in [2.24, 2.45) is 5.92 Å². The van der Waals surface area contributed by atoms with Gasteiger partial charge in [-0.15, -0.1) is 11.3 Å². The quantitative estimate of drug-likeness (QED) is 0.858. The molecule has 2 atom stereocenters. The van der Waals surface area contributed by atoms with Gasteiger partial charge in [0.1, 0.15) is 5.82 Å². The molecule has 1 amide bonds. The summed E-state index contributed by atoms with van der Waals surface area (Å²) in [6.45, 7) is 3.36. The standard InChI is InChI=1S/C18H20FN3OS/c19-14-4-2-13(3-5-14)15-12-16(15)17(23)21-7-1-8-22(10-9-21)18-20-6-11-24-18/h2-6,11,15-16H,1,7-10,12H2/t15-,16+/m0/s1. The minimum Gasteiger partial charge on any atom is -0.346 e. The third-order valence-electron chi connectivity index (χ3n) is 4.90. The van der Waals surface area contributed by atoms with Crippen molar-refractivity contribution >= 4 is 22.4 Å². The van der Waals surface area contributed by atoms with Gasteiger partial charge in [-0.05, 0) is 36.5 Å². The van der Waals surface area contributed by atoms with Crippen molar-refractivity contribution in [3.05, 3.63) is 47.2 Å². The highest BCUT2D eigenvalue weighted by molar-refractivity contribution is 7.13. The number of amides is 1. The van der Waals surface area contributed by atoms with Crippen molar-refractivity contribution in [3.8, 4) is 0 Å². The molecule has 1 aliphatic carbocycles. The molecule has 0 radical (unpaired) electrons. The Labute approximate surface area is 144 Å². The van der Waals surface area contributed by atoms with E-state index >= 15 is 0 Å². The lowest BCUT2D eigenvalue weighted by Gasteiger charge is -2.22. The summed E-state index contributed by atoms with van der Waals surface area (Å²) < 4.78 is 13.0. The van der Waals surface area contributed by atoms with Crippen molar-refractivity contribution in [3.63, 3.8) is 0 Å². The summed E-state index contributed by atoms with van der Waals surface area (Å²) in [7, 11) is 0. The maximum atomic E-state index is 13.0. The van der Waals surface area contributed by atoms with Gasteiger partial charge in [-0.1, -0.05) is 12.1 Å². The first kappa shape index (κ1) is 15.6. The van der Waals surface area contributed by atoms with Crippen LogP contribution in [0, 0.1) is 11.7 Å². The first-order valence-corrected chi connectivity index (χ1v) is 9.29. The lowest BCUT2D eigenvalue weighted by atomic mass is 10.1. The van der Waals surface area contributed by atoms with Crippen molar-refractivity contribution in [2.45, 2.75) is 18.8 Å². The molecular weight excluding hydrogens is 325 g/mol. The predicted molar refractivity (Wildman–Crippen MR) is 92.8 cm³/mol. The Kier molecular flexibility index (Phi) is 4.22. The molecule has 0 unspecified atom stereocenters. The normalized spacial score (nSPS) is 23.9. The highest BCUT2D eigenvalue weighted by Crippen LogP contribution is 2.48. The second-order valence-electron chi connectivity index (χ2n) is 6.48. The maximum Gasteiger partial charge on any atom is 0.226 e. The molecule has 1 aromatic heterocycles. The molecule has 2 fully saturated rings. The summed E-state index contributed by atoms with van der Waals surface area (Å²) in [5, 5.41) is 3.03. The van der Waals surface area contributed by atoms with Crippen LogP contribution in [0.25, 0.3) is 0 Å². The van der Waals surface area contributed by atoms with Crippen LogP contribution in [0.2, 0.25) is 0 Å². The molecule has 1 saturated heterocycles. The van der Waals surface area contributed by atoms with Crippen LogP contribution in [-0.4, -0.2) is 42.0 Å². The Balaban J connectivity index is 1.36. The smallest absolute Gasteiger partial charge is 0.226 e. The number of aromatic nitrogens is 1. The van der Waals surface area contributed by atoms with Crippen molar-refractivity contribution in [2.75, 3.05) is 31.1 Å². The lowest BCUT2D eigenvalue weighted by molar-refractivity contribution is -0.132. The molecule has 24 heavy (non-hydrogen) atoms. The zero-order valence-corrected chi connectivity index (χ0v) is 14.2. The molecular formula is C18H20FN3OS. The topological polar surface area (TPSA) is 36.4 Å². The fraction of sp³-hybridized carbons (Fsp3) is 0.444. The van der Waals surface area contributed by atoms with Gasteiger partial charge in [0.2, 0.25) is 5.91 Å². The summed E-state index contributed by atoms with van der Waals surface area (Å²) in [5.41, 5.74) is 1.08.